The van der Waals surface area contributed by atoms with Gasteiger partial charge < -0.3 is 4.74 Å². The quantitative estimate of drug-likeness (QED) is 0.738. The van der Waals surface area contributed by atoms with Crippen LogP contribution in [0.1, 0.15) is 5.56 Å². The van der Waals surface area contributed by atoms with Gasteiger partial charge in [0.05, 0.1) is 5.56 Å². The van der Waals surface area contributed by atoms with Crippen LogP contribution in [0.4, 0.5) is 0 Å². The van der Waals surface area contributed by atoms with Crippen LogP contribution in [0.15, 0.2) is 22.7 Å². The third-order valence-electron chi connectivity index (χ3n) is 1.38. The number of hydrogen-bond donors (Lipinski definition) is 0. The zero-order chi connectivity index (χ0) is 9.68. The highest BCUT2D eigenvalue weighted by molar-refractivity contribution is 9.10. The molecule has 1 aromatic rings. The monoisotopic (exact) mass is 235 g/mol. The molecule has 0 spiro atoms. The highest BCUT2D eigenvalue weighted by atomic mass is 79.9. The molecule has 0 bridgehead atoms. The van der Waals surface area contributed by atoms with Crippen LogP contribution in [0.3, 0.4) is 0 Å². The fourth-order valence-electron chi connectivity index (χ4n) is 0.801. The van der Waals surface area contributed by atoms with Gasteiger partial charge in [-0.3, -0.25) is 0 Å². The van der Waals surface area contributed by atoms with Crippen molar-refractivity contribution in [1.82, 2.24) is 0 Å². The van der Waals surface area contributed by atoms with Gasteiger partial charge in [-0.05, 0) is 34.1 Å². The lowest BCUT2D eigenvalue weighted by Crippen LogP contribution is -1.93. The molecule has 0 aliphatic carbocycles. The zero-order valence-electron chi connectivity index (χ0n) is 6.75. The number of terminal acetylenes is 1. The Balaban J connectivity index is 2.86. The van der Waals surface area contributed by atoms with Gasteiger partial charge in [-0.1, -0.05) is 5.92 Å². The Morgan fingerprint density at radius 1 is 1.54 bits per heavy atom. The van der Waals surface area contributed by atoms with Crippen LogP contribution < -0.4 is 4.74 Å². The molecular formula is C10H6BrNO. The molecule has 0 saturated carbocycles. The molecular weight excluding hydrogens is 230 g/mol. The second-order valence-corrected chi connectivity index (χ2v) is 3.10. The van der Waals surface area contributed by atoms with Crippen molar-refractivity contribution in [2.24, 2.45) is 0 Å². The van der Waals surface area contributed by atoms with Crippen LogP contribution in [0.25, 0.3) is 0 Å². The summed E-state index contributed by atoms with van der Waals surface area (Å²) in [5.41, 5.74) is 0.577. The Morgan fingerprint density at radius 2 is 2.31 bits per heavy atom. The molecule has 0 aliphatic heterocycles. The van der Waals surface area contributed by atoms with Crippen molar-refractivity contribution in [2.45, 2.75) is 0 Å². The topological polar surface area (TPSA) is 33.0 Å². The first-order valence-electron chi connectivity index (χ1n) is 3.54. The lowest BCUT2D eigenvalue weighted by Gasteiger charge is -2.02. The van der Waals surface area contributed by atoms with Gasteiger partial charge in [-0.25, -0.2) is 0 Å². The summed E-state index contributed by atoms with van der Waals surface area (Å²) < 4.78 is 5.87. The van der Waals surface area contributed by atoms with Crippen molar-refractivity contribution in [3.05, 3.63) is 28.2 Å². The molecule has 2 nitrogen and oxygen atoms in total. The van der Waals surface area contributed by atoms with Gasteiger partial charge >= 0.3 is 0 Å². The molecule has 0 saturated heterocycles. The highest BCUT2D eigenvalue weighted by Crippen LogP contribution is 2.22. The molecule has 0 atom stereocenters. The molecule has 1 rings (SSSR count). The largest absolute Gasteiger partial charge is 0.481 e. The zero-order valence-corrected chi connectivity index (χ0v) is 8.34. The Bertz CT molecular complexity index is 387. The summed E-state index contributed by atoms with van der Waals surface area (Å²) in [6.45, 7) is 0.234. The molecule has 0 radical (unpaired) electrons. The lowest BCUT2D eigenvalue weighted by atomic mass is 10.2. The Hall–Kier alpha value is -1.45. The highest BCUT2D eigenvalue weighted by Gasteiger charge is 2.00. The van der Waals surface area contributed by atoms with Crippen LogP contribution in [0, 0.1) is 23.7 Å². The standard InChI is InChI=1S/C10H6BrNO/c1-2-5-13-9-4-3-8(7-12)10(11)6-9/h1,3-4,6H,5H2. The minimum Gasteiger partial charge on any atom is -0.481 e. The molecule has 1 aromatic carbocycles. The molecule has 0 aliphatic rings. The van der Waals surface area contributed by atoms with E-state index in [1.54, 1.807) is 18.2 Å². The normalized spacial score (nSPS) is 8.54. The van der Waals surface area contributed by atoms with E-state index in [9.17, 15) is 0 Å². The van der Waals surface area contributed by atoms with Crippen LogP contribution in [-0.2, 0) is 0 Å². The first-order valence-corrected chi connectivity index (χ1v) is 4.33. The van der Waals surface area contributed by atoms with E-state index in [1.807, 2.05) is 6.07 Å². The Morgan fingerprint density at radius 3 is 2.85 bits per heavy atom. The maximum Gasteiger partial charge on any atom is 0.148 e. The van der Waals surface area contributed by atoms with Crippen LogP contribution in [0.2, 0.25) is 0 Å². The molecule has 0 unspecified atom stereocenters. The van der Waals surface area contributed by atoms with Crippen molar-refractivity contribution in [2.75, 3.05) is 6.61 Å². The van der Waals surface area contributed by atoms with Crippen molar-refractivity contribution >= 4 is 15.9 Å². The Labute approximate surface area is 85.3 Å². The third-order valence-corrected chi connectivity index (χ3v) is 2.04. The van der Waals surface area contributed by atoms with Gasteiger partial charge in [0, 0.05) is 4.47 Å². The smallest absolute Gasteiger partial charge is 0.148 e. The third kappa shape index (κ3) is 2.50. The summed E-state index contributed by atoms with van der Waals surface area (Å²) >= 11 is 3.25. The average Bonchev–Trinajstić information content (AvgIpc) is 2.15. The van der Waals surface area contributed by atoms with Crippen LogP contribution in [-0.4, -0.2) is 6.61 Å². The van der Waals surface area contributed by atoms with Crippen LogP contribution >= 0.6 is 15.9 Å². The lowest BCUT2D eigenvalue weighted by molar-refractivity contribution is 0.370. The molecule has 0 heterocycles. The van der Waals surface area contributed by atoms with Crippen molar-refractivity contribution in [1.29, 1.82) is 5.26 Å². The molecule has 3 heteroatoms. The van der Waals surface area contributed by atoms with Crippen LogP contribution in [0.5, 0.6) is 5.75 Å². The first kappa shape index (κ1) is 9.64. The van der Waals surface area contributed by atoms with Gasteiger partial charge in [0.1, 0.15) is 18.4 Å². The summed E-state index contributed by atoms with van der Waals surface area (Å²) in [7, 11) is 0. The first-order chi connectivity index (χ1) is 6.27. The fraction of sp³-hybridized carbons (Fsp3) is 0.100. The van der Waals surface area contributed by atoms with Crippen molar-refractivity contribution in [3.8, 4) is 24.2 Å². The molecule has 64 valence electrons. The van der Waals surface area contributed by atoms with Gasteiger partial charge in [0.2, 0.25) is 0 Å². The number of halogens is 1. The van der Waals surface area contributed by atoms with Gasteiger partial charge in [-0.15, -0.1) is 6.42 Å². The average molecular weight is 236 g/mol. The molecule has 0 aromatic heterocycles. The molecule has 0 fully saturated rings. The Kier molecular flexibility index (Phi) is 3.37. The van der Waals surface area contributed by atoms with Gasteiger partial charge in [-0.2, -0.15) is 5.26 Å². The number of nitrogens with zero attached hydrogens (tertiary/aromatic N) is 1. The number of rotatable bonds is 2. The minimum absolute atomic E-state index is 0.234. The molecule has 0 amide bonds. The van der Waals surface area contributed by atoms with E-state index in [4.69, 9.17) is 16.4 Å². The number of hydrogen-bond acceptors (Lipinski definition) is 2. The SMILES string of the molecule is C#CCOc1ccc(C#N)c(Br)c1. The maximum atomic E-state index is 8.63. The molecule has 13 heavy (non-hydrogen) atoms. The number of nitriles is 1. The van der Waals surface area contributed by atoms with Gasteiger partial charge in [0.25, 0.3) is 0 Å². The summed E-state index contributed by atoms with van der Waals surface area (Å²) in [6, 6.07) is 7.14. The van der Waals surface area contributed by atoms with E-state index in [0.717, 1.165) is 0 Å². The van der Waals surface area contributed by atoms with E-state index in [-0.39, 0.29) is 6.61 Å². The summed E-state index contributed by atoms with van der Waals surface area (Å²) in [6.07, 6.45) is 5.03. The summed E-state index contributed by atoms with van der Waals surface area (Å²) in [5.74, 6) is 3.02. The summed E-state index contributed by atoms with van der Waals surface area (Å²) in [5, 5.41) is 8.63. The second-order valence-electron chi connectivity index (χ2n) is 2.25. The van der Waals surface area contributed by atoms with E-state index in [0.29, 0.717) is 15.8 Å². The van der Waals surface area contributed by atoms with E-state index >= 15 is 0 Å². The number of benzene rings is 1. The maximum absolute atomic E-state index is 8.63. The second kappa shape index (κ2) is 4.54. The van der Waals surface area contributed by atoms with E-state index in [2.05, 4.69) is 21.9 Å². The number of ether oxygens (including phenoxy) is 1. The minimum atomic E-state index is 0.234. The van der Waals surface area contributed by atoms with E-state index in [1.165, 1.54) is 0 Å². The van der Waals surface area contributed by atoms with Crippen molar-refractivity contribution in [3.63, 3.8) is 0 Å². The summed E-state index contributed by atoms with van der Waals surface area (Å²) in [4.78, 5) is 0. The molecule has 0 N–H and O–H groups in total. The fourth-order valence-corrected chi connectivity index (χ4v) is 1.25. The van der Waals surface area contributed by atoms with E-state index < -0.39 is 0 Å². The van der Waals surface area contributed by atoms with Gasteiger partial charge in [0.15, 0.2) is 0 Å². The predicted molar refractivity (Wildman–Crippen MR) is 53.2 cm³/mol. The predicted octanol–water partition coefficient (Wildman–Crippen LogP) is 2.33. The van der Waals surface area contributed by atoms with Crippen molar-refractivity contribution < 1.29 is 4.74 Å².